The number of carbonyl (C=O) groups is 1. The molecule has 6 heteroatoms. The van der Waals surface area contributed by atoms with Crippen LogP contribution in [-0.2, 0) is 4.79 Å². The molecule has 0 aliphatic rings. The van der Waals surface area contributed by atoms with E-state index in [1.807, 2.05) is 0 Å². The van der Waals surface area contributed by atoms with E-state index in [-0.39, 0.29) is 24.1 Å². The second-order valence-corrected chi connectivity index (χ2v) is 4.51. The van der Waals surface area contributed by atoms with Crippen LogP contribution in [0.15, 0.2) is 24.3 Å². The molecule has 4 nitrogen and oxygen atoms in total. The van der Waals surface area contributed by atoms with E-state index < -0.39 is 0 Å². The molecule has 1 aromatic rings. The molecule has 0 fully saturated rings. The van der Waals surface area contributed by atoms with Crippen molar-refractivity contribution < 1.29 is 13.9 Å². The molecular formula is C15H24ClFN2O2. The topological polar surface area (TPSA) is 50.4 Å². The highest BCUT2D eigenvalue weighted by Gasteiger charge is 2.01. The largest absolute Gasteiger partial charge is 0.493 e. The fraction of sp³-hybridized carbons (Fsp3) is 0.533. The molecule has 0 bridgehead atoms. The Labute approximate surface area is 131 Å². The van der Waals surface area contributed by atoms with Crippen molar-refractivity contribution in [3.05, 3.63) is 30.1 Å². The van der Waals surface area contributed by atoms with E-state index in [0.29, 0.717) is 31.7 Å². The molecule has 0 heterocycles. The van der Waals surface area contributed by atoms with Gasteiger partial charge in [0.15, 0.2) is 0 Å². The van der Waals surface area contributed by atoms with E-state index in [4.69, 9.17) is 4.74 Å². The Kier molecular flexibility index (Phi) is 11.6. The van der Waals surface area contributed by atoms with Crippen molar-refractivity contribution in [3.8, 4) is 5.75 Å². The van der Waals surface area contributed by atoms with Crippen LogP contribution in [0.5, 0.6) is 5.75 Å². The van der Waals surface area contributed by atoms with E-state index in [1.165, 1.54) is 12.1 Å². The molecule has 0 saturated heterocycles. The molecule has 1 rings (SSSR count). The Balaban J connectivity index is 0.00000400. The number of nitrogens with one attached hydrogen (secondary N) is 2. The summed E-state index contributed by atoms with van der Waals surface area (Å²) in [5.41, 5.74) is 0. The Morgan fingerprint density at radius 3 is 2.81 bits per heavy atom. The average molecular weight is 319 g/mol. The first-order chi connectivity index (χ1) is 9.72. The summed E-state index contributed by atoms with van der Waals surface area (Å²) < 4.78 is 18.2. The predicted molar refractivity (Wildman–Crippen MR) is 84.5 cm³/mol. The van der Waals surface area contributed by atoms with Gasteiger partial charge in [-0.2, -0.15) is 0 Å². The first-order valence-corrected chi connectivity index (χ1v) is 7.08. The Morgan fingerprint density at radius 2 is 2.10 bits per heavy atom. The second-order valence-electron chi connectivity index (χ2n) is 4.51. The van der Waals surface area contributed by atoms with Gasteiger partial charge in [0, 0.05) is 25.6 Å². The van der Waals surface area contributed by atoms with Crippen molar-refractivity contribution >= 4 is 18.3 Å². The van der Waals surface area contributed by atoms with Gasteiger partial charge in [-0.3, -0.25) is 4.79 Å². The fourth-order valence-corrected chi connectivity index (χ4v) is 1.66. The van der Waals surface area contributed by atoms with Crippen molar-refractivity contribution in [1.82, 2.24) is 10.6 Å². The summed E-state index contributed by atoms with van der Waals surface area (Å²) in [4.78, 5) is 11.5. The number of hydrogen-bond acceptors (Lipinski definition) is 3. The zero-order valence-electron chi connectivity index (χ0n) is 12.4. The van der Waals surface area contributed by atoms with E-state index >= 15 is 0 Å². The standard InChI is InChI=1S/C15H23FN2O2.ClH/c1-2-8-17-9-10-18-15(19)7-4-11-20-14-6-3-5-13(16)12-14;/h3,5-6,12,17H,2,4,7-11H2,1H3,(H,18,19);1H. The molecule has 0 unspecified atom stereocenters. The molecule has 2 N–H and O–H groups in total. The minimum atomic E-state index is -0.320. The Morgan fingerprint density at radius 1 is 1.29 bits per heavy atom. The number of carbonyl (C=O) groups excluding carboxylic acids is 1. The maximum absolute atomic E-state index is 12.9. The summed E-state index contributed by atoms with van der Waals surface area (Å²) in [5.74, 6) is 0.195. The SMILES string of the molecule is CCCNCCNC(=O)CCCOc1cccc(F)c1.Cl. The van der Waals surface area contributed by atoms with Crippen LogP contribution in [0.3, 0.4) is 0 Å². The van der Waals surface area contributed by atoms with Gasteiger partial charge in [-0.25, -0.2) is 4.39 Å². The molecule has 0 aliphatic heterocycles. The summed E-state index contributed by atoms with van der Waals surface area (Å²) in [5, 5.41) is 6.04. The molecule has 1 aromatic carbocycles. The van der Waals surface area contributed by atoms with Crippen LogP contribution in [0.25, 0.3) is 0 Å². The Hall–Kier alpha value is -1.33. The summed E-state index contributed by atoms with van der Waals surface area (Å²) in [7, 11) is 0. The summed E-state index contributed by atoms with van der Waals surface area (Å²) in [6, 6.07) is 6.00. The minimum Gasteiger partial charge on any atom is -0.493 e. The van der Waals surface area contributed by atoms with Gasteiger partial charge in [0.2, 0.25) is 5.91 Å². The monoisotopic (exact) mass is 318 g/mol. The van der Waals surface area contributed by atoms with Gasteiger partial charge in [-0.05, 0) is 31.5 Å². The lowest BCUT2D eigenvalue weighted by atomic mass is 10.3. The van der Waals surface area contributed by atoms with Gasteiger partial charge in [-0.1, -0.05) is 13.0 Å². The lowest BCUT2D eigenvalue weighted by molar-refractivity contribution is -0.121. The molecule has 21 heavy (non-hydrogen) atoms. The normalized spacial score (nSPS) is 9.81. The van der Waals surface area contributed by atoms with Gasteiger partial charge in [0.05, 0.1) is 6.61 Å². The molecule has 0 atom stereocenters. The molecule has 120 valence electrons. The van der Waals surface area contributed by atoms with Crippen molar-refractivity contribution in [2.75, 3.05) is 26.2 Å². The fourth-order valence-electron chi connectivity index (χ4n) is 1.66. The highest BCUT2D eigenvalue weighted by Crippen LogP contribution is 2.12. The first kappa shape index (κ1) is 19.7. The van der Waals surface area contributed by atoms with Crippen LogP contribution in [0.4, 0.5) is 4.39 Å². The van der Waals surface area contributed by atoms with Crippen LogP contribution < -0.4 is 15.4 Å². The first-order valence-electron chi connectivity index (χ1n) is 7.08. The van der Waals surface area contributed by atoms with E-state index in [2.05, 4.69) is 17.6 Å². The van der Waals surface area contributed by atoms with Crippen LogP contribution >= 0.6 is 12.4 Å². The van der Waals surface area contributed by atoms with Gasteiger partial charge >= 0.3 is 0 Å². The highest BCUT2D eigenvalue weighted by molar-refractivity contribution is 5.85. The van der Waals surface area contributed by atoms with Gasteiger partial charge in [0.1, 0.15) is 11.6 Å². The Bertz CT molecular complexity index is 405. The van der Waals surface area contributed by atoms with Crippen molar-refractivity contribution in [1.29, 1.82) is 0 Å². The number of hydrogen-bond donors (Lipinski definition) is 2. The number of amides is 1. The zero-order valence-corrected chi connectivity index (χ0v) is 13.2. The van der Waals surface area contributed by atoms with E-state index in [1.54, 1.807) is 12.1 Å². The number of halogens is 2. The van der Waals surface area contributed by atoms with Gasteiger partial charge in [-0.15, -0.1) is 12.4 Å². The summed E-state index contributed by atoms with van der Waals surface area (Å²) in [6.07, 6.45) is 2.12. The minimum absolute atomic E-state index is 0. The van der Waals surface area contributed by atoms with Crippen LogP contribution in [0.1, 0.15) is 26.2 Å². The van der Waals surface area contributed by atoms with E-state index in [0.717, 1.165) is 19.5 Å². The van der Waals surface area contributed by atoms with E-state index in [9.17, 15) is 9.18 Å². The molecule has 0 spiro atoms. The number of benzene rings is 1. The third-order valence-electron chi connectivity index (χ3n) is 2.66. The third-order valence-corrected chi connectivity index (χ3v) is 2.66. The molecular weight excluding hydrogens is 295 g/mol. The molecule has 0 aliphatic carbocycles. The molecule has 0 radical (unpaired) electrons. The molecule has 0 saturated carbocycles. The summed E-state index contributed by atoms with van der Waals surface area (Å²) in [6.45, 7) is 4.91. The third kappa shape index (κ3) is 10.1. The van der Waals surface area contributed by atoms with Gasteiger partial charge < -0.3 is 15.4 Å². The predicted octanol–water partition coefficient (Wildman–Crippen LogP) is 2.52. The van der Waals surface area contributed by atoms with Crippen LogP contribution in [0, 0.1) is 5.82 Å². The zero-order chi connectivity index (χ0) is 14.6. The number of rotatable bonds is 10. The lowest BCUT2D eigenvalue weighted by Gasteiger charge is -2.07. The molecule has 0 aromatic heterocycles. The van der Waals surface area contributed by atoms with Crippen LogP contribution in [0.2, 0.25) is 0 Å². The quantitative estimate of drug-likeness (QED) is 0.652. The van der Waals surface area contributed by atoms with Crippen LogP contribution in [-0.4, -0.2) is 32.1 Å². The van der Waals surface area contributed by atoms with Crippen molar-refractivity contribution in [2.24, 2.45) is 0 Å². The highest BCUT2D eigenvalue weighted by atomic mass is 35.5. The summed E-state index contributed by atoms with van der Waals surface area (Å²) >= 11 is 0. The van der Waals surface area contributed by atoms with Gasteiger partial charge in [0.25, 0.3) is 0 Å². The molecule has 1 amide bonds. The lowest BCUT2D eigenvalue weighted by Crippen LogP contribution is -2.32. The van der Waals surface area contributed by atoms with Crippen molar-refractivity contribution in [2.45, 2.75) is 26.2 Å². The maximum Gasteiger partial charge on any atom is 0.220 e. The number of ether oxygens (including phenoxy) is 1. The second kappa shape index (κ2) is 12.4. The maximum atomic E-state index is 12.9. The van der Waals surface area contributed by atoms with Crippen molar-refractivity contribution in [3.63, 3.8) is 0 Å². The smallest absolute Gasteiger partial charge is 0.220 e. The average Bonchev–Trinajstić information content (AvgIpc) is 2.43.